The zero-order chi connectivity index (χ0) is 14.8. The standard InChI is InChI=1S/C20H20N2/c1-4-10-16(11-5-1)19-18-14-8-3-9-15-22(18)21-20(19)17-12-6-2-7-13-17/h1-2,4-7,10-13H,3,8-9,14-15H2. The molecule has 0 atom stereocenters. The van der Waals surface area contributed by atoms with Crippen LogP contribution in [-0.2, 0) is 13.0 Å². The van der Waals surface area contributed by atoms with Crippen LogP contribution in [0.1, 0.15) is 25.0 Å². The third-order valence-electron chi connectivity index (χ3n) is 4.45. The lowest BCUT2D eigenvalue weighted by atomic mass is 9.97. The number of benzene rings is 2. The average molecular weight is 288 g/mol. The quantitative estimate of drug-likeness (QED) is 0.653. The van der Waals surface area contributed by atoms with Crippen molar-refractivity contribution in [3.05, 3.63) is 66.4 Å². The summed E-state index contributed by atoms with van der Waals surface area (Å²) in [6, 6.07) is 21.3. The third kappa shape index (κ3) is 2.35. The van der Waals surface area contributed by atoms with Gasteiger partial charge in [-0.15, -0.1) is 0 Å². The van der Waals surface area contributed by atoms with Crippen LogP contribution in [0.25, 0.3) is 22.4 Å². The van der Waals surface area contributed by atoms with Crippen molar-refractivity contribution in [2.24, 2.45) is 0 Å². The van der Waals surface area contributed by atoms with Crippen molar-refractivity contribution in [1.82, 2.24) is 9.78 Å². The number of hydrogen-bond acceptors (Lipinski definition) is 1. The van der Waals surface area contributed by atoms with E-state index in [9.17, 15) is 0 Å². The maximum atomic E-state index is 4.97. The molecule has 3 aromatic rings. The zero-order valence-corrected chi connectivity index (χ0v) is 12.7. The Labute approximate surface area is 131 Å². The number of aryl methyl sites for hydroxylation is 1. The van der Waals surface area contributed by atoms with Gasteiger partial charge in [0.25, 0.3) is 0 Å². The molecule has 0 saturated heterocycles. The molecule has 1 aliphatic heterocycles. The van der Waals surface area contributed by atoms with Gasteiger partial charge >= 0.3 is 0 Å². The van der Waals surface area contributed by atoms with Crippen LogP contribution in [0.15, 0.2) is 60.7 Å². The Morgan fingerprint density at radius 3 is 2.14 bits per heavy atom. The van der Waals surface area contributed by atoms with Gasteiger partial charge in [-0.1, -0.05) is 67.1 Å². The summed E-state index contributed by atoms with van der Waals surface area (Å²) in [6.45, 7) is 1.04. The molecular formula is C20H20N2. The van der Waals surface area contributed by atoms with Gasteiger partial charge in [0.05, 0.1) is 0 Å². The second kappa shape index (κ2) is 5.80. The van der Waals surface area contributed by atoms with E-state index < -0.39 is 0 Å². The summed E-state index contributed by atoms with van der Waals surface area (Å²) in [5.41, 5.74) is 6.35. The number of aromatic nitrogens is 2. The molecule has 0 radical (unpaired) electrons. The summed E-state index contributed by atoms with van der Waals surface area (Å²) in [5, 5.41) is 4.97. The van der Waals surface area contributed by atoms with Gasteiger partial charge in [-0.3, -0.25) is 4.68 Å². The maximum Gasteiger partial charge on any atom is 0.100 e. The summed E-state index contributed by atoms with van der Waals surface area (Å²) in [6.07, 6.45) is 4.93. The molecule has 0 N–H and O–H groups in total. The molecule has 0 bridgehead atoms. The number of fused-ring (bicyclic) bond motifs is 1. The van der Waals surface area contributed by atoms with Crippen molar-refractivity contribution < 1.29 is 0 Å². The molecule has 110 valence electrons. The highest BCUT2D eigenvalue weighted by Crippen LogP contribution is 2.36. The lowest BCUT2D eigenvalue weighted by Gasteiger charge is -2.07. The van der Waals surface area contributed by atoms with E-state index in [0.29, 0.717) is 0 Å². The van der Waals surface area contributed by atoms with E-state index in [1.54, 1.807) is 0 Å². The highest BCUT2D eigenvalue weighted by molar-refractivity contribution is 5.82. The predicted molar refractivity (Wildman–Crippen MR) is 90.7 cm³/mol. The molecule has 2 nitrogen and oxygen atoms in total. The van der Waals surface area contributed by atoms with Gasteiger partial charge in [-0.05, 0) is 24.8 Å². The van der Waals surface area contributed by atoms with Gasteiger partial charge in [0, 0.05) is 23.4 Å². The molecule has 4 rings (SSSR count). The normalized spacial score (nSPS) is 14.4. The molecule has 0 saturated carbocycles. The summed E-state index contributed by atoms with van der Waals surface area (Å²) in [5.74, 6) is 0. The van der Waals surface area contributed by atoms with Crippen molar-refractivity contribution in [2.45, 2.75) is 32.2 Å². The first kappa shape index (κ1) is 13.3. The molecular weight excluding hydrogens is 268 g/mol. The van der Waals surface area contributed by atoms with E-state index >= 15 is 0 Å². The highest BCUT2D eigenvalue weighted by atomic mass is 15.3. The Kier molecular flexibility index (Phi) is 3.51. The molecule has 0 unspecified atom stereocenters. The topological polar surface area (TPSA) is 17.8 Å². The Hall–Kier alpha value is -2.35. The minimum atomic E-state index is 1.04. The van der Waals surface area contributed by atoms with E-state index in [4.69, 9.17) is 5.10 Å². The minimum absolute atomic E-state index is 1.04. The van der Waals surface area contributed by atoms with Gasteiger partial charge in [0.1, 0.15) is 5.69 Å². The molecule has 1 aliphatic rings. The summed E-state index contributed by atoms with van der Waals surface area (Å²) < 4.78 is 2.25. The third-order valence-corrected chi connectivity index (χ3v) is 4.45. The second-order valence-corrected chi connectivity index (χ2v) is 5.94. The van der Waals surface area contributed by atoms with Crippen LogP contribution in [0, 0.1) is 0 Å². The molecule has 0 fully saturated rings. The van der Waals surface area contributed by atoms with E-state index in [0.717, 1.165) is 18.7 Å². The monoisotopic (exact) mass is 288 g/mol. The van der Waals surface area contributed by atoms with Gasteiger partial charge in [0.15, 0.2) is 0 Å². The van der Waals surface area contributed by atoms with Crippen molar-refractivity contribution in [3.63, 3.8) is 0 Å². The Bertz CT molecular complexity index is 757. The van der Waals surface area contributed by atoms with Gasteiger partial charge in [0.2, 0.25) is 0 Å². The summed E-state index contributed by atoms with van der Waals surface area (Å²) in [4.78, 5) is 0. The van der Waals surface area contributed by atoms with Crippen LogP contribution in [-0.4, -0.2) is 9.78 Å². The van der Waals surface area contributed by atoms with Crippen LogP contribution < -0.4 is 0 Å². The van der Waals surface area contributed by atoms with E-state index in [1.807, 2.05) is 0 Å². The van der Waals surface area contributed by atoms with Gasteiger partial charge in [-0.25, -0.2) is 0 Å². The molecule has 2 heterocycles. The maximum absolute atomic E-state index is 4.97. The van der Waals surface area contributed by atoms with Crippen molar-refractivity contribution >= 4 is 0 Å². The molecule has 1 aromatic heterocycles. The molecule has 2 aromatic carbocycles. The lowest BCUT2D eigenvalue weighted by molar-refractivity contribution is 0.578. The Balaban J connectivity index is 1.95. The van der Waals surface area contributed by atoms with E-state index in [2.05, 4.69) is 65.3 Å². The lowest BCUT2D eigenvalue weighted by Crippen LogP contribution is -2.02. The van der Waals surface area contributed by atoms with Crippen LogP contribution in [0.4, 0.5) is 0 Å². The molecule has 0 aliphatic carbocycles. The fourth-order valence-corrected chi connectivity index (χ4v) is 3.37. The molecule has 0 amide bonds. The first-order valence-electron chi connectivity index (χ1n) is 8.14. The van der Waals surface area contributed by atoms with Gasteiger partial charge in [-0.2, -0.15) is 5.10 Å². The first-order valence-corrected chi connectivity index (χ1v) is 8.14. The van der Waals surface area contributed by atoms with Crippen molar-refractivity contribution in [2.75, 3.05) is 0 Å². The Morgan fingerprint density at radius 1 is 0.727 bits per heavy atom. The number of rotatable bonds is 2. The molecule has 2 heteroatoms. The van der Waals surface area contributed by atoms with E-state index in [-0.39, 0.29) is 0 Å². The second-order valence-electron chi connectivity index (χ2n) is 5.94. The zero-order valence-electron chi connectivity index (χ0n) is 12.7. The molecule has 22 heavy (non-hydrogen) atoms. The Morgan fingerprint density at radius 2 is 1.41 bits per heavy atom. The van der Waals surface area contributed by atoms with Crippen LogP contribution in [0.5, 0.6) is 0 Å². The molecule has 0 spiro atoms. The fraction of sp³-hybridized carbons (Fsp3) is 0.250. The smallest absolute Gasteiger partial charge is 0.100 e. The SMILES string of the molecule is c1ccc(-c2nn3c(c2-c2ccccc2)CCCCC3)cc1. The summed E-state index contributed by atoms with van der Waals surface area (Å²) >= 11 is 0. The fourth-order valence-electron chi connectivity index (χ4n) is 3.37. The average Bonchev–Trinajstić information content (AvgIpc) is 2.79. The van der Waals surface area contributed by atoms with E-state index in [1.165, 1.54) is 41.6 Å². The van der Waals surface area contributed by atoms with Gasteiger partial charge < -0.3 is 0 Å². The van der Waals surface area contributed by atoms with Crippen LogP contribution in [0.3, 0.4) is 0 Å². The minimum Gasteiger partial charge on any atom is -0.268 e. The van der Waals surface area contributed by atoms with Crippen LogP contribution in [0.2, 0.25) is 0 Å². The van der Waals surface area contributed by atoms with Crippen LogP contribution >= 0.6 is 0 Å². The largest absolute Gasteiger partial charge is 0.268 e. The predicted octanol–water partition coefficient (Wildman–Crippen LogP) is 4.94. The van der Waals surface area contributed by atoms with Crippen molar-refractivity contribution in [1.29, 1.82) is 0 Å². The van der Waals surface area contributed by atoms with Crippen molar-refractivity contribution in [3.8, 4) is 22.4 Å². The number of hydrogen-bond donors (Lipinski definition) is 0. The number of nitrogens with zero attached hydrogens (tertiary/aromatic N) is 2. The highest BCUT2D eigenvalue weighted by Gasteiger charge is 2.21. The summed E-state index contributed by atoms with van der Waals surface area (Å²) in [7, 11) is 0. The first-order chi connectivity index (χ1) is 10.9.